The van der Waals surface area contributed by atoms with Crippen LogP contribution in [0, 0.1) is 5.92 Å². The topological polar surface area (TPSA) is 54.4 Å². The quantitative estimate of drug-likeness (QED) is 0.639. The van der Waals surface area contributed by atoms with Gasteiger partial charge in [-0.15, -0.1) is 6.58 Å². The minimum Gasteiger partial charge on any atom is -0.480 e. The van der Waals surface area contributed by atoms with E-state index in [4.69, 9.17) is 0 Å². The van der Waals surface area contributed by atoms with Gasteiger partial charge in [-0.25, -0.2) is 0 Å². The van der Waals surface area contributed by atoms with Crippen LogP contribution in [0.1, 0.15) is 23.5 Å². The first-order chi connectivity index (χ1) is 8.15. The predicted octanol–water partition coefficient (Wildman–Crippen LogP) is 2.17. The van der Waals surface area contributed by atoms with Crippen LogP contribution in [0.4, 0.5) is 0 Å². The van der Waals surface area contributed by atoms with Gasteiger partial charge in [0.05, 0.1) is 0 Å². The van der Waals surface area contributed by atoms with Gasteiger partial charge in [0.25, 0.3) is 0 Å². The molecule has 2 rings (SSSR count). The summed E-state index contributed by atoms with van der Waals surface area (Å²) in [4.78, 5) is 23.3. The van der Waals surface area contributed by atoms with E-state index >= 15 is 0 Å². The number of hydrogen-bond donors (Lipinski definition) is 1. The molecule has 0 aromatic heterocycles. The Labute approximate surface area is 99.8 Å². The smallest absolute Gasteiger partial charge is 0.318 e. The van der Waals surface area contributed by atoms with Gasteiger partial charge in [-0.05, 0) is 24.0 Å². The predicted molar refractivity (Wildman–Crippen MR) is 63.8 cm³/mol. The van der Waals surface area contributed by atoms with Crippen LogP contribution in [0.25, 0.3) is 0 Å². The highest BCUT2D eigenvalue weighted by atomic mass is 16.4. The second kappa shape index (κ2) is 4.53. The van der Waals surface area contributed by atoms with Crippen LogP contribution in [0.2, 0.25) is 0 Å². The number of hydrogen-bond acceptors (Lipinski definition) is 2. The van der Waals surface area contributed by atoms with Gasteiger partial charge in [0.1, 0.15) is 5.92 Å². The lowest BCUT2D eigenvalue weighted by atomic mass is 9.74. The summed E-state index contributed by atoms with van der Waals surface area (Å²) in [6.45, 7) is 3.62. The van der Waals surface area contributed by atoms with Crippen molar-refractivity contribution >= 4 is 11.8 Å². The van der Waals surface area contributed by atoms with E-state index in [1.165, 1.54) is 0 Å². The number of aliphatic carboxylic acids is 1. The Hall–Kier alpha value is -1.90. The monoisotopic (exact) mass is 230 g/mol. The summed E-state index contributed by atoms with van der Waals surface area (Å²) < 4.78 is 0. The van der Waals surface area contributed by atoms with Crippen LogP contribution >= 0.6 is 0 Å². The van der Waals surface area contributed by atoms with Gasteiger partial charge in [-0.1, -0.05) is 30.3 Å². The van der Waals surface area contributed by atoms with Crippen molar-refractivity contribution in [3.05, 3.63) is 48.0 Å². The molecule has 0 saturated heterocycles. The maximum Gasteiger partial charge on any atom is 0.318 e. The van der Waals surface area contributed by atoms with Gasteiger partial charge in [-0.2, -0.15) is 0 Å². The van der Waals surface area contributed by atoms with Crippen molar-refractivity contribution in [3.8, 4) is 0 Å². The molecule has 0 fully saturated rings. The van der Waals surface area contributed by atoms with Crippen molar-refractivity contribution in [2.75, 3.05) is 0 Å². The molecular weight excluding hydrogens is 216 g/mol. The minimum absolute atomic E-state index is 0.198. The molecule has 0 radical (unpaired) electrons. The van der Waals surface area contributed by atoms with Crippen molar-refractivity contribution in [3.63, 3.8) is 0 Å². The molecule has 3 heteroatoms. The molecule has 0 spiro atoms. The summed E-state index contributed by atoms with van der Waals surface area (Å²) in [6.07, 6.45) is 2.83. The SMILES string of the molecule is C=CCC1Cc2ccccc2C(C(=O)O)C1=O. The maximum absolute atomic E-state index is 12.1. The Morgan fingerprint density at radius 3 is 2.82 bits per heavy atom. The number of Topliss-reactive ketones (excluding diaryl/α,β-unsaturated/α-hetero) is 1. The Kier molecular flexibility index (Phi) is 3.09. The first kappa shape index (κ1) is 11.6. The van der Waals surface area contributed by atoms with Crippen molar-refractivity contribution in [1.29, 1.82) is 0 Å². The maximum atomic E-state index is 12.1. The number of allylic oxidation sites excluding steroid dienone is 1. The van der Waals surface area contributed by atoms with Crippen molar-refractivity contribution in [1.82, 2.24) is 0 Å². The van der Waals surface area contributed by atoms with Gasteiger partial charge in [0.15, 0.2) is 5.78 Å². The van der Waals surface area contributed by atoms with Crippen LogP contribution in [-0.2, 0) is 16.0 Å². The lowest BCUT2D eigenvalue weighted by Gasteiger charge is -2.27. The summed E-state index contributed by atoms with van der Waals surface area (Å²) in [5.41, 5.74) is 1.61. The molecule has 0 heterocycles. The molecule has 17 heavy (non-hydrogen) atoms. The number of carbonyl (C=O) groups excluding carboxylic acids is 1. The summed E-state index contributed by atoms with van der Waals surface area (Å²) in [5, 5.41) is 9.19. The molecule has 2 atom stereocenters. The average Bonchev–Trinajstić information content (AvgIpc) is 2.30. The highest BCUT2D eigenvalue weighted by Crippen LogP contribution is 2.33. The number of ketones is 1. The zero-order chi connectivity index (χ0) is 12.4. The largest absolute Gasteiger partial charge is 0.480 e. The van der Waals surface area contributed by atoms with Gasteiger partial charge >= 0.3 is 5.97 Å². The Morgan fingerprint density at radius 1 is 1.47 bits per heavy atom. The van der Waals surface area contributed by atoms with E-state index in [0.717, 1.165) is 5.56 Å². The van der Waals surface area contributed by atoms with E-state index < -0.39 is 11.9 Å². The van der Waals surface area contributed by atoms with Gasteiger partial charge in [0, 0.05) is 5.92 Å². The van der Waals surface area contributed by atoms with E-state index in [-0.39, 0.29) is 11.7 Å². The molecule has 1 aliphatic carbocycles. The summed E-state index contributed by atoms with van der Waals surface area (Å²) in [7, 11) is 0. The third-order valence-corrected chi connectivity index (χ3v) is 3.22. The zero-order valence-corrected chi connectivity index (χ0v) is 9.43. The Balaban J connectivity index is 2.46. The van der Waals surface area contributed by atoms with Crippen molar-refractivity contribution in [2.45, 2.75) is 18.8 Å². The first-order valence-electron chi connectivity index (χ1n) is 5.60. The Bertz CT molecular complexity index is 476. The van der Waals surface area contributed by atoms with E-state index in [2.05, 4.69) is 6.58 Å². The van der Waals surface area contributed by atoms with Gasteiger partial charge in [-0.3, -0.25) is 9.59 Å². The van der Waals surface area contributed by atoms with Crippen LogP contribution in [0.15, 0.2) is 36.9 Å². The van der Waals surface area contributed by atoms with Crippen LogP contribution in [0.3, 0.4) is 0 Å². The van der Waals surface area contributed by atoms with Crippen LogP contribution < -0.4 is 0 Å². The third-order valence-electron chi connectivity index (χ3n) is 3.22. The van der Waals surface area contributed by atoms with E-state index in [1.54, 1.807) is 18.2 Å². The average molecular weight is 230 g/mol. The van der Waals surface area contributed by atoms with E-state index in [9.17, 15) is 14.7 Å². The lowest BCUT2D eigenvalue weighted by molar-refractivity contribution is -0.144. The molecule has 1 aromatic rings. The molecule has 0 aliphatic heterocycles. The number of carboxylic acids is 1. The van der Waals surface area contributed by atoms with Gasteiger partial charge in [0.2, 0.25) is 0 Å². The minimum atomic E-state index is -1.06. The van der Waals surface area contributed by atoms with Crippen molar-refractivity contribution < 1.29 is 14.7 Å². The number of benzene rings is 1. The first-order valence-corrected chi connectivity index (χ1v) is 5.60. The summed E-state index contributed by atoms with van der Waals surface area (Å²) >= 11 is 0. The van der Waals surface area contributed by atoms with Crippen molar-refractivity contribution in [2.24, 2.45) is 5.92 Å². The normalized spacial score (nSPS) is 22.9. The van der Waals surface area contributed by atoms with Crippen LogP contribution in [0.5, 0.6) is 0 Å². The van der Waals surface area contributed by atoms with E-state index in [0.29, 0.717) is 18.4 Å². The molecule has 1 aromatic carbocycles. The molecule has 0 bridgehead atoms. The fourth-order valence-electron chi connectivity index (χ4n) is 2.41. The molecule has 0 saturated carbocycles. The summed E-state index contributed by atoms with van der Waals surface area (Å²) in [5.74, 6) is -2.51. The number of carbonyl (C=O) groups is 2. The number of rotatable bonds is 3. The number of fused-ring (bicyclic) bond motifs is 1. The van der Waals surface area contributed by atoms with Crippen LogP contribution in [-0.4, -0.2) is 16.9 Å². The fraction of sp³-hybridized carbons (Fsp3) is 0.286. The highest BCUT2D eigenvalue weighted by molar-refractivity contribution is 6.06. The fourth-order valence-corrected chi connectivity index (χ4v) is 2.41. The van der Waals surface area contributed by atoms with E-state index in [1.807, 2.05) is 12.1 Å². The standard InChI is InChI=1S/C14H14O3/c1-2-5-10-8-9-6-3-4-7-11(9)12(13(10)15)14(16)17/h2-4,6-7,10,12H,1,5,8H2,(H,16,17). The molecule has 88 valence electrons. The molecule has 3 nitrogen and oxygen atoms in total. The second-order valence-electron chi connectivity index (χ2n) is 4.30. The highest BCUT2D eigenvalue weighted by Gasteiger charge is 2.38. The molecule has 1 aliphatic rings. The molecule has 2 unspecified atom stereocenters. The second-order valence-corrected chi connectivity index (χ2v) is 4.30. The zero-order valence-electron chi connectivity index (χ0n) is 9.43. The number of carboxylic acid groups (broad SMARTS) is 1. The Morgan fingerprint density at radius 2 is 2.18 bits per heavy atom. The third kappa shape index (κ3) is 2.00. The molecule has 0 amide bonds. The lowest BCUT2D eigenvalue weighted by Crippen LogP contribution is -2.34. The van der Waals surface area contributed by atoms with Gasteiger partial charge < -0.3 is 5.11 Å². The molecular formula is C14H14O3. The summed E-state index contributed by atoms with van der Waals surface area (Å²) in [6, 6.07) is 7.28. The molecule has 1 N–H and O–H groups in total.